The van der Waals surface area contributed by atoms with Crippen molar-refractivity contribution >= 4 is 23.2 Å². The lowest BCUT2D eigenvalue weighted by Gasteiger charge is -2.20. The molecule has 0 bridgehead atoms. The fourth-order valence-electron chi connectivity index (χ4n) is 3.48. The molecule has 0 radical (unpaired) electrons. The Labute approximate surface area is 145 Å². The topological polar surface area (TPSA) is 55.2 Å². The van der Waals surface area contributed by atoms with Crippen LogP contribution in [0.5, 0.6) is 0 Å². The minimum Gasteiger partial charge on any atom is -0.329 e. The van der Waals surface area contributed by atoms with Crippen molar-refractivity contribution in [1.29, 1.82) is 0 Å². The minimum atomic E-state index is -0.298. The number of pyridine rings is 1. The van der Waals surface area contributed by atoms with E-state index >= 15 is 0 Å². The van der Waals surface area contributed by atoms with Gasteiger partial charge >= 0.3 is 0 Å². The van der Waals surface area contributed by atoms with Crippen LogP contribution in [0.1, 0.15) is 28.8 Å². The van der Waals surface area contributed by atoms with Crippen molar-refractivity contribution in [2.24, 2.45) is 0 Å². The fourth-order valence-corrected chi connectivity index (χ4v) is 3.48. The molecule has 5 nitrogen and oxygen atoms in total. The molecule has 0 N–H and O–H groups in total. The van der Waals surface area contributed by atoms with Crippen molar-refractivity contribution in [2.45, 2.75) is 25.8 Å². The lowest BCUT2D eigenvalue weighted by Crippen LogP contribution is -2.36. The number of hydrogen-bond donors (Lipinski definition) is 0. The lowest BCUT2D eigenvalue weighted by molar-refractivity contribution is -0.111. The summed E-state index contributed by atoms with van der Waals surface area (Å²) in [7, 11) is 0. The number of carbonyl (C=O) groups is 2. The molecule has 2 aromatic heterocycles. The third-order valence-corrected chi connectivity index (χ3v) is 4.75. The van der Waals surface area contributed by atoms with E-state index in [9.17, 15) is 9.59 Å². The van der Waals surface area contributed by atoms with Gasteiger partial charge in [0.25, 0.3) is 5.91 Å². The van der Waals surface area contributed by atoms with Crippen LogP contribution in [0, 0.1) is 6.92 Å². The highest BCUT2D eigenvalue weighted by Crippen LogP contribution is 2.23. The summed E-state index contributed by atoms with van der Waals surface area (Å²) in [4.78, 5) is 30.1. The Morgan fingerprint density at radius 1 is 1.28 bits per heavy atom. The zero-order valence-electron chi connectivity index (χ0n) is 14.1. The predicted molar refractivity (Wildman–Crippen MR) is 95.9 cm³/mol. The molecule has 1 saturated heterocycles. The molecule has 1 aromatic carbocycles. The molecule has 1 fully saturated rings. The molecular weight excluding hydrogens is 314 g/mol. The van der Waals surface area contributed by atoms with Crippen LogP contribution in [0.15, 0.2) is 48.8 Å². The Morgan fingerprint density at radius 2 is 2.16 bits per heavy atom. The average Bonchev–Trinajstić information content (AvgIpc) is 3.27. The number of carbonyl (C=O) groups excluding carboxylic acids is 2. The van der Waals surface area contributed by atoms with Gasteiger partial charge in [0.1, 0.15) is 11.9 Å². The number of hydrogen-bond acceptors (Lipinski definition) is 3. The van der Waals surface area contributed by atoms with Crippen LogP contribution < -0.4 is 0 Å². The second kappa shape index (κ2) is 6.16. The number of amides is 1. The number of fused-ring (bicyclic) bond motifs is 1. The van der Waals surface area contributed by atoms with Gasteiger partial charge in [-0.3, -0.25) is 4.79 Å². The fraction of sp³-hybridized carbons (Fsp3) is 0.250. The van der Waals surface area contributed by atoms with Crippen LogP contribution in [-0.4, -0.2) is 39.2 Å². The van der Waals surface area contributed by atoms with Crippen LogP contribution in [0.4, 0.5) is 0 Å². The van der Waals surface area contributed by atoms with Gasteiger partial charge in [0.15, 0.2) is 0 Å². The standard InChI is InChI=1S/C20H19N3O2/c1-14-10-15-7-9-22(19(15)21-12-14)17-5-2-4-16(11-17)20(25)23-8-3-6-18(23)13-24/h2,4-5,7,9-13,18H,3,6,8H2,1H3. The second-order valence-electron chi connectivity index (χ2n) is 6.51. The summed E-state index contributed by atoms with van der Waals surface area (Å²) >= 11 is 0. The molecule has 3 heterocycles. The van der Waals surface area contributed by atoms with Gasteiger partial charge in [-0.05, 0) is 55.7 Å². The van der Waals surface area contributed by atoms with E-state index in [1.807, 2.05) is 48.1 Å². The number of likely N-dealkylation sites (tertiary alicyclic amines) is 1. The Bertz CT molecular complexity index is 960. The van der Waals surface area contributed by atoms with Crippen molar-refractivity contribution in [3.63, 3.8) is 0 Å². The van der Waals surface area contributed by atoms with Gasteiger partial charge in [-0.1, -0.05) is 6.07 Å². The zero-order valence-corrected chi connectivity index (χ0v) is 14.1. The summed E-state index contributed by atoms with van der Waals surface area (Å²) in [5, 5.41) is 1.07. The highest BCUT2D eigenvalue weighted by atomic mass is 16.2. The van der Waals surface area contributed by atoms with Gasteiger partial charge in [0.05, 0.1) is 6.04 Å². The van der Waals surface area contributed by atoms with E-state index in [2.05, 4.69) is 11.1 Å². The summed E-state index contributed by atoms with van der Waals surface area (Å²) in [6.45, 7) is 2.66. The summed E-state index contributed by atoms with van der Waals surface area (Å²) in [6, 6.07) is 11.3. The van der Waals surface area contributed by atoms with Crippen molar-refractivity contribution in [3.8, 4) is 5.69 Å². The predicted octanol–water partition coefficient (Wildman–Crippen LogP) is 3.14. The van der Waals surface area contributed by atoms with E-state index in [1.54, 1.807) is 11.0 Å². The SMILES string of the molecule is Cc1cnc2c(ccn2-c2cccc(C(=O)N3CCCC3C=O)c2)c1. The molecule has 4 rings (SSSR count). The van der Waals surface area contributed by atoms with E-state index in [1.165, 1.54) is 0 Å². The molecule has 3 aromatic rings. The first-order valence-corrected chi connectivity index (χ1v) is 8.48. The third kappa shape index (κ3) is 2.71. The summed E-state index contributed by atoms with van der Waals surface area (Å²) in [5.74, 6) is -0.0864. The molecule has 126 valence electrons. The van der Waals surface area contributed by atoms with Crippen molar-refractivity contribution in [3.05, 3.63) is 59.9 Å². The molecule has 0 aliphatic carbocycles. The molecule has 1 atom stereocenters. The molecule has 5 heteroatoms. The van der Waals surface area contributed by atoms with Gasteiger partial charge in [-0.2, -0.15) is 0 Å². The molecule has 1 amide bonds. The summed E-state index contributed by atoms with van der Waals surface area (Å²) in [5.41, 5.74) is 3.46. The first kappa shape index (κ1) is 15.6. The summed E-state index contributed by atoms with van der Waals surface area (Å²) in [6.07, 6.45) is 6.30. The van der Waals surface area contributed by atoms with E-state index < -0.39 is 0 Å². The van der Waals surface area contributed by atoms with Crippen LogP contribution in [-0.2, 0) is 4.79 Å². The van der Waals surface area contributed by atoms with E-state index in [4.69, 9.17) is 0 Å². The van der Waals surface area contributed by atoms with Crippen LogP contribution in [0.2, 0.25) is 0 Å². The number of aromatic nitrogens is 2. The Morgan fingerprint density at radius 3 is 3.00 bits per heavy atom. The number of benzene rings is 1. The molecule has 1 aliphatic heterocycles. The van der Waals surface area contributed by atoms with Crippen molar-refractivity contribution in [1.82, 2.24) is 14.5 Å². The van der Waals surface area contributed by atoms with Crippen LogP contribution >= 0.6 is 0 Å². The molecule has 1 aliphatic rings. The highest BCUT2D eigenvalue weighted by Gasteiger charge is 2.29. The molecule has 0 saturated carbocycles. The van der Waals surface area contributed by atoms with Crippen molar-refractivity contribution < 1.29 is 9.59 Å². The largest absolute Gasteiger partial charge is 0.329 e. The third-order valence-electron chi connectivity index (χ3n) is 4.75. The zero-order chi connectivity index (χ0) is 17.4. The summed E-state index contributed by atoms with van der Waals surface area (Å²) < 4.78 is 1.98. The molecule has 1 unspecified atom stereocenters. The molecule has 25 heavy (non-hydrogen) atoms. The number of aryl methyl sites for hydroxylation is 1. The molecule has 0 spiro atoms. The minimum absolute atomic E-state index is 0.0864. The normalized spacial score (nSPS) is 17.2. The smallest absolute Gasteiger partial charge is 0.254 e. The van der Waals surface area contributed by atoms with Crippen molar-refractivity contribution in [2.75, 3.05) is 6.54 Å². The Balaban J connectivity index is 1.71. The number of aldehydes is 1. The number of rotatable bonds is 3. The maximum absolute atomic E-state index is 12.8. The van der Waals surface area contributed by atoms with Gasteiger partial charge in [-0.25, -0.2) is 4.98 Å². The van der Waals surface area contributed by atoms with Gasteiger partial charge in [0.2, 0.25) is 0 Å². The van der Waals surface area contributed by atoms with Gasteiger partial charge in [-0.15, -0.1) is 0 Å². The molecular formula is C20H19N3O2. The maximum atomic E-state index is 12.8. The van der Waals surface area contributed by atoms with E-state index in [0.29, 0.717) is 12.1 Å². The Hall–Kier alpha value is -2.95. The van der Waals surface area contributed by atoms with Gasteiger partial charge < -0.3 is 14.3 Å². The number of nitrogens with zero attached hydrogens (tertiary/aromatic N) is 3. The first-order chi connectivity index (χ1) is 12.2. The quantitative estimate of drug-likeness (QED) is 0.692. The average molecular weight is 333 g/mol. The first-order valence-electron chi connectivity index (χ1n) is 8.48. The highest BCUT2D eigenvalue weighted by molar-refractivity contribution is 5.96. The lowest BCUT2D eigenvalue weighted by atomic mass is 10.1. The van der Waals surface area contributed by atoms with Gasteiger partial charge in [0, 0.05) is 35.6 Å². The maximum Gasteiger partial charge on any atom is 0.254 e. The Kier molecular flexibility index (Phi) is 3.84. The second-order valence-corrected chi connectivity index (χ2v) is 6.51. The van der Waals surface area contributed by atoms with Crippen LogP contribution in [0.25, 0.3) is 16.7 Å². The monoisotopic (exact) mass is 333 g/mol. The van der Waals surface area contributed by atoms with Crippen LogP contribution in [0.3, 0.4) is 0 Å². The van der Waals surface area contributed by atoms with E-state index in [0.717, 1.165) is 41.4 Å². The van der Waals surface area contributed by atoms with E-state index in [-0.39, 0.29) is 11.9 Å².